The predicted molar refractivity (Wildman–Crippen MR) is 106 cm³/mol. The molecule has 0 amide bonds. The quantitative estimate of drug-likeness (QED) is 0.321. The molecule has 1 aliphatic heterocycles. The predicted octanol–water partition coefficient (Wildman–Crippen LogP) is 5.83. The highest BCUT2D eigenvalue weighted by Crippen LogP contribution is 2.36. The Labute approximate surface area is 173 Å². The third-order valence-corrected chi connectivity index (χ3v) is 5.02. The molecule has 1 fully saturated rings. The Morgan fingerprint density at radius 1 is 1.20 bits per heavy atom. The molecule has 3 rings (SSSR count). The lowest BCUT2D eigenvalue weighted by Crippen LogP contribution is -2.23. The summed E-state index contributed by atoms with van der Waals surface area (Å²) in [5, 5.41) is 0. The second-order valence-corrected chi connectivity index (χ2v) is 6.92. The van der Waals surface area contributed by atoms with Crippen molar-refractivity contribution in [2.24, 2.45) is 0 Å². The topological polar surface area (TPSA) is 44.8 Å². The lowest BCUT2D eigenvalue weighted by Gasteiger charge is -2.27. The number of hydrogen-bond acceptors (Lipinski definition) is 4. The molecule has 160 valence electrons. The number of carbonyl (C=O) groups excluding carboxylic acids is 1. The van der Waals surface area contributed by atoms with Gasteiger partial charge in [-0.1, -0.05) is 18.2 Å². The summed E-state index contributed by atoms with van der Waals surface area (Å²) in [4.78, 5) is 12.4. The Morgan fingerprint density at radius 2 is 1.90 bits per heavy atom. The summed E-state index contributed by atoms with van der Waals surface area (Å²) in [5.74, 6) is -2.78. The fourth-order valence-electron chi connectivity index (χ4n) is 3.39. The van der Waals surface area contributed by atoms with Crippen LogP contribution >= 0.6 is 0 Å². The number of esters is 1. The monoisotopic (exact) mass is 420 g/mol. The van der Waals surface area contributed by atoms with E-state index in [2.05, 4.69) is 6.58 Å². The number of benzene rings is 2. The second kappa shape index (κ2) is 9.80. The van der Waals surface area contributed by atoms with Crippen molar-refractivity contribution in [2.75, 3.05) is 13.2 Å². The summed E-state index contributed by atoms with van der Waals surface area (Å²) in [6, 6.07) is 8.98. The lowest BCUT2D eigenvalue weighted by molar-refractivity contribution is 0.0329. The van der Waals surface area contributed by atoms with Gasteiger partial charge in [-0.2, -0.15) is 0 Å². The summed E-state index contributed by atoms with van der Waals surface area (Å²) < 4.78 is 56.7. The highest BCUT2D eigenvalue weighted by molar-refractivity contribution is 5.91. The zero-order valence-corrected chi connectivity index (χ0v) is 16.6. The minimum atomic E-state index is -3.11. The zero-order valence-electron chi connectivity index (χ0n) is 16.6. The number of rotatable bonds is 7. The molecular formula is C23H23F3O4. The van der Waals surface area contributed by atoms with E-state index in [4.69, 9.17) is 14.2 Å². The molecule has 2 unspecified atom stereocenters. The van der Waals surface area contributed by atoms with Gasteiger partial charge in [-0.25, -0.2) is 18.0 Å². The first-order valence-electron chi connectivity index (χ1n) is 9.74. The molecular weight excluding hydrogens is 397 g/mol. The number of carbonyl (C=O) groups is 1. The van der Waals surface area contributed by atoms with E-state index in [0.717, 1.165) is 24.5 Å². The lowest BCUT2D eigenvalue weighted by atomic mass is 9.91. The fraction of sp³-hybridized carbons (Fsp3) is 0.348. The molecule has 2 aromatic carbocycles. The third kappa shape index (κ3) is 4.84. The Bertz CT molecular complexity index is 888. The molecule has 1 aliphatic rings. The van der Waals surface area contributed by atoms with E-state index < -0.39 is 29.5 Å². The van der Waals surface area contributed by atoms with Crippen molar-refractivity contribution in [3.8, 4) is 11.5 Å². The minimum Gasteiger partial charge on any atom is -0.493 e. The zero-order chi connectivity index (χ0) is 21.7. The summed E-state index contributed by atoms with van der Waals surface area (Å²) in [7, 11) is 0. The fourth-order valence-corrected chi connectivity index (χ4v) is 3.39. The van der Waals surface area contributed by atoms with Gasteiger partial charge < -0.3 is 14.2 Å². The van der Waals surface area contributed by atoms with E-state index in [-0.39, 0.29) is 29.9 Å². The Hall–Kier alpha value is -2.80. The summed E-state index contributed by atoms with van der Waals surface area (Å²) in [6.07, 6.45) is 0.561. The van der Waals surface area contributed by atoms with Crippen LogP contribution < -0.4 is 9.47 Å². The van der Waals surface area contributed by atoms with Gasteiger partial charge >= 0.3 is 5.97 Å². The molecule has 30 heavy (non-hydrogen) atoms. The van der Waals surface area contributed by atoms with Crippen LogP contribution in [-0.4, -0.2) is 25.3 Å². The largest absolute Gasteiger partial charge is 0.493 e. The average Bonchev–Trinajstić information content (AvgIpc) is 2.76. The van der Waals surface area contributed by atoms with Crippen LogP contribution in [0, 0.1) is 5.82 Å². The maximum absolute atomic E-state index is 14.5. The van der Waals surface area contributed by atoms with Crippen molar-refractivity contribution < 1.29 is 32.2 Å². The van der Waals surface area contributed by atoms with Crippen molar-refractivity contribution in [2.45, 2.75) is 38.2 Å². The van der Waals surface area contributed by atoms with Crippen molar-refractivity contribution in [1.29, 1.82) is 0 Å². The van der Waals surface area contributed by atoms with E-state index in [9.17, 15) is 18.0 Å². The Kier molecular flexibility index (Phi) is 7.15. The molecule has 2 atom stereocenters. The first kappa shape index (κ1) is 21.9. The highest BCUT2D eigenvalue weighted by atomic mass is 19.3. The minimum absolute atomic E-state index is 0.0673. The summed E-state index contributed by atoms with van der Waals surface area (Å²) in [6.45, 7) is 6.00. The average molecular weight is 420 g/mol. The molecule has 0 saturated carbocycles. The Balaban J connectivity index is 1.72. The van der Waals surface area contributed by atoms with E-state index >= 15 is 0 Å². The molecule has 7 heteroatoms. The number of alkyl halides is 2. The number of halogens is 3. The van der Waals surface area contributed by atoms with Gasteiger partial charge in [-0.15, -0.1) is 6.58 Å². The SMILES string of the molecule is C=CC1CCC(c2ccc(C(=O)Oc3ccc(OCC)c(C(F)F)c3F)cc2)CO1. The second-order valence-electron chi connectivity index (χ2n) is 6.92. The van der Waals surface area contributed by atoms with Gasteiger partial charge in [0.15, 0.2) is 11.6 Å². The van der Waals surface area contributed by atoms with Crippen LogP contribution in [0.5, 0.6) is 11.5 Å². The van der Waals surface area contributed by atoms with E-state index in [1.807, 2.05) is 0 Å². The van der Waals surface area contributed by atoms with E-state index in [1.54, 1.807) is 37.3 Å². The van der Waals surface area contributed by atoms with Crippen LogP contribution in [0.2, 0.25) is 0 Å². The van der Waals surface area contributed by atoms with Crippen LogP contribution in [0.3, 0.4) is 0 Å². The molecule has 1 saturated heterocycles. The van der Waals surface area contributed by atoms with Crippen LogP contribution in [0.15, 0.2) is 49.1 Å². The number of hydrogen-bond donors (Lipinski definition) is 0. The van der Waals surface area contributed by atoms with Crippen molar-refractivity contribution in [3.63, 3.8) is 0 Å². The van der Waals surface area contributed by atoms with Crippen molar-refractivity contribution >= 4 is 5.97 Å². The molecule has 0 aromatic heterocycles. The first-order chi connectivity index (χ1) is 14.4. The molecule has 1 heterocycles. The van der Waals surface area contributed by atoms with E-state index in [0.29, 0.717) is 6.61 Å². The molecule has 0 aliphatic carbocycles. The molecule has 0 bridgehead atoms. The van der Waals surface area contributed by atoms with Gasteiger partial charge in [-0.3, -0.25) is 0 Å². The standard InChI is InChI=1S/C23H23F3O4/c1-3-17-10-9-16(13-29-17)14-5-7-15(8-6-14)23(27)30-19-12-11-18(28-4-2)20(21(19)24)22(25)26/h3,5-8,11-12,16-17,22H,1,4,9-10,13H2,2H3. The van der Waals surface area contributed by atoms with Crippen molar-refractivity contribution in [3.05, 3.63) is 71.6 Å². The van der Waals surface area contributed by atoms with E-state index in [1.165, 1.54) is 6.07 Å². The normalized spacial score (nSPS) is 18.8. The highest BCUT2D eigenvalue weighted by Gasteiger charge is 2.25. The van der Waals surface area contributed by atoms with Gasteiger partial charge in [0.1, 0.15) is 5.75 Å². The van der Waals surface area contributed by atoms with Gasteiger partial charge in [0.05, 0.1) is 30.4 Å². The summed E-state index contributed by atoms with van der Waals surface area (Å²) >= 11 is 0. The molecule has 0 N–H and O–H groups in total. The van der Waals surface area contributed by atoms with Gasteiger partial charge in [0, 0.05) is 5.92 Å². The van der Waals surface area contributed by atoms with Crippen LogP contribution in [0.4, 0.5) is 13.2 Å². The molecule has 0 spiro atoms. The van der Waals surface area contributed by atoms with Gasteiger partial charge in [0.25, 0.3) is 6.43 Å². The third-order valence-electron chi connectivity index (χ3n) is 5.02. The smallest absolute Gasteiger partial charge is 0.343 e. The molecule has 2 aromatic rings. The Morgan fingerprint density at radius 3 is 2.47 bits per heavy atom. The van der Waals surface area contributed by atoms with Crippen LogP contribution in [0.1, 0.15) is 53.6 Å². The summed E-state index contributed by atoms with van der Waals surface area (Å²) in [5.41, 5.74) is 0.278. The molecule has 4 nitrogen and oxygen atoms in total. The maximum Gasteiger partial charge on any atom is 0.343 e. The van der Waals surface area contributed by atoms with Gasteiger partial charge in [0.2, 0.25) is 0 Å². The van der Waals surface area contributed by atoms with Gasteiger partial charge in [-0.05, 0) is 49.6 Å². The number of ether oxygens (including phenoxy) is 3. The molecule has 0 radical (unpaired) electrons. The first-order valence-corrected chi connectivity index (χ1v) is 9.74. The van der Waals surface area contributed by atoms with Crippen LogP contribution in [0.25, 0.3) is 0 Å². The van der Waals surface area contributed by atoms with Crippen molar-refractivity contribution in [1.82, 2.24) is 0 Å². The van der Waals surface area contributed by atoms with Crippen LogP contribution in [-0.2, 0) is 4.74 Å². The maximum atomic E-state index is 14.5.